The second kappa shape index (κ2) is 9.25. The van der Waals surface area contributed by atoms with Crippen LogP contribution >= 0.6 is 27.7 Å². The number of nitrogens with one attached hydrogen (secondary N) is 1. The van der Waals surface area contributed by atoms with Gasteiger partial charge in [-0.25, -0.2) is 0 Å². The fourth-order valence-electron chi connectivity index (χ4n) is 2.72. The number of methoxy groups -OCH3 is 1. The third kappa shape index (κ3) is 4.74. The van der Waals surface area contributed by atoms with Gasteiger partial charge in [0.2, 0.25) is 5.91 Å². The highest BCUT2D eigenvalue weighted by Gasteiger charge is 2.15. The number of anilines is 1. The van der Waals surface area contributed by atoms with Crippen molar-refractivity contribution in [1.29, 1.82) is 0 Å². The van der Waals surface area contributed by atoms with E-state index in [9.17, 15) is 4.79 Å². The molecule has 0 aliphatic carbocycles. The van der Waals surface area contributed by atoms with Gasteiger partial charge in [-0.1, -0.05) is 27.7 Å². The van der Waals surface area contributed by atoms with Gasteiger partial charge in [-0.3, -0.25) is 4.79 Å². The third-order valence-electron chi connectivity index (χ3n) is 4.18. The molecule has 0 aliphatic heterocycles. The van der Waals surface area contributed by atoms with Gasteiger partial charge in [-0.2, -0.15) is 0 Å². The molecule has 28 heavy (non-hydrogen) atoms. The van der Waals surface area contributed by atoms with Crippen LogP contribution in [0.25, 0.3) is 11.4 Å². The fraction of sp³-hybridized carbons (Fsp3) is 0.250. The maximum Gasteiger partial charge on any atom is 0.234 e. The average molecular weight is 461 g/mol. The van der Waals surface area contributed by atoms with E-state index in [-0.39, 0.29) is 11.7 Å². The lowest BCUT2D eigenvalue weighted by molar-refractivity contribution is -0.113. The molecule has 3 rings (SSSR count). The van der Waals surface area contributed by atoms with Gasteiger partial charge in [0, 0.05) is 22.3 Å². The van der Waals surface area contributed by atoms with E-state index in [0.29, 0.717) is 6.54 Å². The van der Waals surface area contributed by atoms with Crippen LogP contribution in [0.4, 0.5) is 5.69 Å². The highest BCUT2D eigenvalue weighted by atomic mass is 79.9. The number of halogens is 1. The van der Waals surface area contributed by atoms with Crippen LogP contribution in [-0.2, 0) is 11.3 Å². The summed E-state index contributed by atoms with van der Waals surface area (Å²) in [4.78, 5) is 12.4. The lowest BCUT2D eigenvalue weighted by Gasteiger charge is -2.10. The largest absolute Gasteiger partial charge is 0.497 e. The SMILES string of the molecule is CCn1c(SCC(=O)Nc2ccc(Br)cc2C)nnc1-c1ccc(OC)cc1. The monoisotopic (exact) mass is 460 g/mol. The minimum atomic E-state index is -0.0768. The number of rotatable bonds is 7. The quantitative estimate of drug-likeness (QED) is 0.513. The summed E-state index contributed by atoms with van der Waals surface area (Å²) in [6.45, 7) is 4.71. The normalized spacial score (nSPS) is 10.7. The first-order chi connectivity index (χ1) is 13.5. The first-order valence-corrected chi connectivity index (χ1v) is 10.6. The molecular formula is C20H21BrN4O2S. The molecule has 0 fully saturated rings. The van der Waals surface area contributed by atoms with Crippen LogP contribution in [0.5, 0.6) is 5.75 Å². The molecule has 0 saturated heterocycles. The molecule has 0 radical (unpaired) electrons. The predicted molar refractivity (Wildman–Crippen MR) is 116 cm³/mol. The molecule has 0 bridgehead atoms. The zero-order valence-corrected chi connectivity index (χ0v) is 18.3. The van der Waals surface area contributed by atoms with Gasteiger partial charge >= 0.3 is 0 Å². The number of hydrogen-bond acceptors (Lipinski definition) is 5. The van der Waals surface area contributed by atoms with Crippen LogP contribution < -0.4 is 10.1 Å². The van der Waals surface area contributed by atoms with Crippen molar-refractivity contribution < 1.29 is 9.53 Å². The Morgan fingerprint density at radius 2 is 1.96 bits per heavy atom. The number of thioether (sulfide) groups is 1. The van der Waals surface area contributed by atoms with Gasteiger partial charge < -0.3 is 14.6 Å². The number of aryl methyl sites for hydroxylation is 1. The van der Waals surface area contributed by atoms with Crippen molar-refractivity contribution in [2.45, 2.75) is 25.5 Å². The molecule has 0 unspecified atom stereocenters. The highest BCUT2D eigenvalue weighted by Crippen LogP contribution is 2.26. The van der Waals surface area contributed by atoms with Crippen LogP contribution in [-0.4, -0.2) is 33.5 Å². The molecule has 1 heterocycles. The summed E-state index contributed by atoms with van der Waals surface area (Å²) in [5, 5.41) is 12.2. The van der Waals surface area contributed by atoms with E-state index in [1.807, 2.05) is 60.9 Å². The molecule has 146 valence electrons. The van der Waals surface area contributed by atoms with Crippen molar-refractivity contribution in [3.05, 3.63) is 52.5 Å². The minimum absolute atomic E-state index is 0.0768. The molecule has 1 N–H and O–H groups in total. The summed E-state index contributed by atoms with van der Waals surface area (Å²) in [6.07, 6.45) is 0. The van der Waals surface area contributed by atoms with Gasteiger partial charge in [-0.05, 0) is 61.9 Å². The second-order valence-electron chi connectivity index (χ2n) is 6.08. The Hall–Kier alpha value is -2.32. The Kier molecular flexibility index (Phi) is 6.74. The van der Waals surface area contributed by atoms with Crippen molar-refractivity contribution in [3.8, 4) is 17.1 Å². The van der Waals surface area contributed by atoms with E-state index in [2.05, 4.69) is 31.4 Å². The van der Waals surface area contributed by atoms with Crippen LogP contribution in [0.2, 0.25) is 0 Å². The predicted octanol–water partition coefficient (Wildman–Crippen LogP) is 4.78. The molecule has 1 aromatic heterocycles. The number of nitrogens with zero attached hydrogens (tertiary/aromatic N) is 3. The van der Waals surface area contributed by atoms with Crippen molar-refractivity contribution in [2.24, 2.45) is 0 Å². The van der Waals surface area contributed by atoms with Crippen molar-refractivity contribution in [2.75, 3.05) is 18.2 Å². The molecule has 0 saturated carbocycles. The Morgan fingerprint density at radius 1 is 1.21 bits per heavy atom. The van der Waals surface area contributed by atoms with Crippen molar-refractivity contribution in [3.63, 3.8) is 0 Å². The lowest BCUT2D eigenvalue weighted by atomic mass is 10.2. The Balaban J connectivity index is 1.68. The van der Waals surface area contributed by atoms with Crippen molar-refractivity contribution in [1.82, 2.24) is 14.8 Å². The van der Waals surface area contributed by atoms with Gasteiger partial charge in [0.15, 0.2) is 11.0 Å². The van der Waals surface area contributed by atoms with E-state index in [0.717, 1.165) is 38.0 Å². The zero-order chi connectivity index (χ0) is 20.1. The Bertz CT molecular complexity index is 973. The number of hydrogen-bond donors (Lipinski definition) is 1. The topological polar surface area (TPSA) is 69.0 Å². The first-order valence-electron chi connectivity index (χ1n) is 8.78. The zero-order valence-electron chi connectivity index (χ0n) is 15.9. The summed E-state index contributed by atoms with van der Waals surface area (Å²) >= 11 is 4.80. The second-order valence-corrected chi connectivity index (χ2v) is 7.93. The molecular weight excluding hydrogens is 440 g/mol. The van der Waals surface area contributed by atoms with Crippen LogP contribution in [0.3, 0.4) is 0 Å². The smallest absolute Gasteiger partial charge is 0.234 e. The van der Waals surface area contributed by atoms with E-state index in [1.54, 1.807) is 7.11 Å². The summed E-state index contributed by atoms with van der Waals surface area (Å²) in [5.74, 6) is 1.75. The number of carbonyl (C=O) groups is 1. The van der Waals surface area contributed by atoms with Gasteiger partial charge in [0.1, 0.15) is 5.75 Å². The summed E-state index contributed by atoms with van der Waals surface area (Å²) < 4.78 is 8.19. The van der Waals surface area contributed by atoms with Gasteiger partial charge in [0.05, 0.1) is 12.9 Å². The number of amides is 1. The van der Waals surface area contributed by atoms with E-state index in [4.69, 9.17) is 4.74 Å². The lowest BCUT2D eigenvalue weighted by Crippen LogP contribution is -2.15. The Morgan fingerprint density at radius 3 is 2.61 bits per heavy atom. The fourth-order valence-corrected chi connectivity index (χ4v) is 4.00. The standard InChI is InChI=1S/C20H21BrN4O2S/c1-4-25-19(14-5-8-16(27-3)9-6-14)23-24-20(25)28-12-18(26)22-17-10-7-15(21)11-13(17)2/h5-11H,4,12H2,1-3H3,(H,22,26). The number of benzene rings is 2. The molecule has 1 amide bonds. The molecule has 0 aliphatic rings. The Labute approximate surface area is 176 Å². The number of ether oxygens (including phenoxy) is 1. The van der Waals surface area contributed by atoms with Gasteiger partial charge in [-0.15, -0.1) is 10.2 Å². The highest BCUT2D eigenvalue weighted by molar-refractivity contribution is 9.10. The third-order valence-corrected chi connectivity index (χ3v) is 5.64. The minimum Gasteiger partial charge on any atom is -0.497 e. The molecule has 0 spiro atoms. The summed E-state index contributed by atoms with van der Waals surface area (Å²) in [7, 11) is 1.64. The first kappa shape index (κ1) is 20.4. The molecule has 0 atom stereocenters. The number of carbonyl (C=O) groups excluding carboxylic acids is 1. The van der Waals surface area contributed by atoms with Crippen LogP contribution in [0.15, 0.2) is 52.1 Å². The number of aromatic nitrogens is 3. The van der Waals surface area contributed by atoms with Gasteiger partial charge in [0.25, 0.3) is 0 Å². The molecule has 3 aromatic rings. The molecule has 2 aromatic carbocycles. The van der Waals surface area contributed by atoms with E-state index in [1.165, 1.54) is 11.8 Å². The molecule has 6 nitrogen and oxygen atoms in total. The maximum atomic E-state index is 12.4. The maximum absolute atomic E-state index is 12.4. The van der Waals surface area contributed by atoms with Crippen LogP contribution in [0.1, 0.15) is 12.5 Å². The van der Waals surface area contributed by atoms with E-state index < -0.39 is 0 Å². The van der Waals surface area contributed by atoms with Crippen LogP contribution in [0, 0.1) is 6.92 Å². The molecule has 8 heteroatoms. The summed E-state index contributed by atoms with van der Waals surface area (Å²) in [5.41, 5.74) is 2.77. The summed E-state index contributed by atoms with van der Waals surface area (Å²) in [6, 6.07) is 13.5. The van der Waals surface area contributed by atoms with E-state index >= 15 is 0 Å². The average Bonchev–Trinajstić information content (AvgIpc) is 3.11. The van der Waals surface area contributed by atoms with Crippen molar-refractivity contribution >= 4 is 39.3 Å².